The highest BCUT2D eigenvalue weighted by Crippen LogP contribution is 2.21. The van der Waals surface area contributed by atoms with Gasteiger partial charge in [0.25, 0.3) is 11.5 Å². The van der Waals surface area contributed by atoms with E-state index >= 15 is 0 Å². The zero-order valence-electron chi connectivity index (χ0n) is 14.3. The van der Waals surface area contributed by atoms with Crippen LogP contribution in [-0.2, 0) is 13.1 Å². The Balaban J connectivity index is 1.48. The molecule has 2 heterocycles. The standard InChI is InChI=1S/C20H16N4O2S/c25-19-11-10-16(23-24(19)13-14-6-2-1-3-7-14)20(26)21-12-18-22-15-8-4-5-9-17(15)27-18/h1-11H,12-13H2,(H,21,26). The molecule has 0 unspecified atom stereocenters. The molecule has 4 aromatic rings. The third-order valence-corrected chi connectivity index (χ3v) is 5.05. The van der Waals surface area contributed by atoms with Crippen LogP contribution >= 0.6 is 11.3 Å². The second-order valence-corrected chi connectivity index (χ2v) is 7.07. The van der Waals surface area contributed by atoms with Crippen LogP contribution in [0.1, 0.15) is 21.1 Å². The number of hydrogen-bond acceptors (Lipinski definition) is 5. The normalized spacial score (nSPS) is 10.8. The van der Waals surface area contributed by atoms with Gasteiger partial charge in [-0.1, -0.05) is 42.5 Å². The fourth-order valence-corrected chi connectivity index (χ4v) is 3.59. The zero-order valence-corrected chi connectivity index (χ0v) is 15.1. The minimum atomic E-state index is -0.337. The lowest BCUT2D eigenvalue weighted by Crippen LogP contribution is -2.29. The highest BCUT2D eigenvalue weighted by molar-refractivity contribution is 7.18. The molecule has 6 nitrogen and oxygen atoms in total. The van der Waals surface area contributed by atoms with Crippen molar-refractivity contribution in [2.24, 2.45) is 0 Å². The molecular formula is C20H16N4O2S. The maximum absolute atomic E-state index is 12.4. The zero-order chi connectivity index (χ0) is 18.6. The van der Waals surface area contributed by atoms with E-state index in [1.807, 2.05) is 54.6 Å². The summed E-state index contributed by atoms with van der Waals surface area (Å²) < 4.78 is 2.37. The largest absolute Gasteiger partial charge is 0.344 e. The van der Waals surface area contributed by atoms with Gasteiger partial charge in [0, 0.05) is 6.07 Å². The van der Waals surface area contributed by atoms with Gasteiger partial charge in [0.1, 0.15) is 10.7 Å². The second kappa shape index (κ2) is 7.51. The molecule has 4 rings (SSSR count). The molecule has 0 fully saturated rings. The Morgan fingerprint density at radius 3 is 2.59 bits per heavy atom. The number of nitrogens with one attached hydrogen (secondary N) is 1. The summed E-state index contributed by atoms with van der Waals surface area (Å²) in [4.78, 5) is 29.0. The summed E-state index contributed by atoms with van der Waals surface area (Å²) in [6, 6.07) is 20.2. The number of rotatable bonds is 5. The van der Waals surface area contributed by atoms with Crippen molar-refractivity contribution >= 4 is 27.5 Å². The highest BCUT2D eigenvalue weighted by Gasteiger charge is 2.11. The molecule has 0 radical (unpaired) electrons. The number of amides is 1. The van der Waals surface area contributed by atoms with Crippen LogP contribution in [0.15, 0.2) is 71.5 Å². The first-order valence-electron chi connectivity index (χ1n) is 8.44. The Labute approximate surface area is 159 Å². The van der Waals surface area contributed by atoms with E-state index < -0.39 is 0 Å². The molecule has 2 aromatic carbocycles. The Morgan fingerprint density at radius 2 is 1.78 bits per heavy atom. The van der Waals surface area contributed by atoms with Gasteiger partial charge in [-0.2, -0.15) is 5.10 Å². The van der Waals surface area contributed by atoms with Crippen LogP contribution in [0.3, 0.4) is 0 Å². The molecule has 7 heteroatoms. The van der Waals surface area contributed by atoms with Gasteiger partial charge in [0.05, 0.1) is 23.3 Å². The third-order valence-electron chi connectivity index (χ3n) is 4.01. The van der Waals surface area contributed by atoms with Crippen molar-refractivity contribution in [2.75, 3.05) is 0 Å². The molecule has 0 saturated carbocycles. The molecule has 0 saturated heterocycles. The van der Waals surface area contributed by atoms with Crippen molar-refractivity contribution in [1.29, 1.82) is 0 Å². The summed E-state index contributed by atoms with van der Waals surface area (Å²) in [7, 11) is 0. The Kier molecular flexibility index (Phi) is 4.76. The van der Waals surface area contributed by atoms with Crippen LogP contribution in [0.25, 0.3) is 10.2 Å². The summed E-state index contributed by atoms with van der Waals surface area (Å²) in [5.74, 6) is -0.337. The van der Waals surface area contributed by atoms with Crippen LogP contribution in [0.5, 0.6) is 0 Å². The lowest BCUT2D eigenvalue weighted by Gasteiger charge is -2.07. The monoisotopic (exact) mass is 376 g/mol. The molecule has 27 heavy (non-hydrogen) atoms. The molecule has 2 aromatic heterocycles. The van der Waals surface area contributed by atoms with E-state index in [1.165, 1.54) is 16.8 Å². The molecule has 1 N–H and O–H groups in total. The molecule has 0 bridgehead atoms. The number of carbonyl (C=O) groups is 1. The molecule has 0 spiro atoms. The Hall–Kier alpha value is -3.32. The Morgan fingerprint density at radius 1 is 1.00 bits per heavy atom. The SMILES string of the molecule is O=C(NCc1nc2ccccc2s1)c1ccc(=O)n(Cc2ccccc2)n1. The lowest BCUT2D eigenvalue weighted by atomic mass is 10.2. The van der Waals surface area contributed by atoms with Crippen molar-refractivity contribution in [2.45, 2.75) is 13.1 Å². The first-order chi connectivity index (χ1) is 13.2. The van der Waals surface area contributed by atoms with Crippen LogP contribution in [0, 0.1) is 0 Å². The molecule has 134 valence electrons. The molecular weight excluding hydrogens is 360 g/mol. The number of para-hydroxylation sites is 1. The van der Waals surface area contributed by atoms with Crippen molar-refractivity contribution in [3.63, 3.8) is 0 Å². The van der Waals surface area contributed by atoms with Crippen LogP contribution in [-0.4, -0.2) is 20.7 Å². The number of fused-ring (bicyclic) bond motifs is 1. The van der Waals surface area contributed by atoms with Gasteiger partial charge in [0.2, 0.25) is 0 Å². The van der Waals surface area contributed by atoms with E-state index in [-0.39, 0.29) is 17.2 Å². The second-order valence-electron chi connectivity index (χ2n) is 5.96. The Bertz CT molecular complexity index is 1120. The summed E-state index contributed by atoms with van der Waals surface area (Å²) >= 11 is 1.54. The number of nitrogens with zero attached hydrogens (tertiary/aromatic N) is 3. The number of carbonyl (C=O) groups excluding carboxylic acids is 1. The van der Waals surface area contributed by atoms with Crippen molar-refractivity contribution in [3.05, 3.63) is 93.3 Å². The van der Waals surface area contributed by atoms with Crippen molar-refractivity contribution < 1.29 is 4.79 Å². The van der Waals surface area contributed by atoms with Gasteiger partial charge in [-0.05, 0) is 23.8 Å². The van der Waals surface area contributed by atoms with Gasteiger partial charge in [-0.3, -0.25) is 9.59 Å². The molecule has 0 atom stereocenters. The van der Waals surface area contributed by atoms with E-state index in [1.54, 1.807) is 11.3 Å². The number of aromatic nitrogens is 3. The first kappa shape index (κ1) is 17.1. The van der Waals surface area contributed by atoms with Gasteiger partial charge in [-0.15, -0.1) is 11.3 Å². The number of thiazole rings is 1. The topological polar surface area (TPSA) is 76.9 Å². The maximum Gasteiger partial charge on any atom is 0.272 e. The smallest absolute Gasteiger partial charge is 0.272 e. The predicted octanol–water partition coefficient (Wildman–Crippen LogP) is 2.83. The quantitative estimate of drug-likeness (QED) is 0.581. The lowest BCUT2D eigenvalue weighted by molar-refractivity contribution is 0.0943. The van der Waals surface area contributed by atoms with Gasteiger partial charge >= 0.3 is 0 Å². The molecule has 1 amide bonds. The average Bonchev–Trinajstić information content (AvgIpc) is 3.11. The van der Waals surface area contributed by atoms with Crippen molar-refractivity contribution in [1.82, 2.24) is 20.1 Å². The summed E-state index contributed by atoms with van der Waals surface area (Å²) in [5.41, 5.74) is 1.81. The fourth-order valence-electron chi connectivity index (χ4n) is 2.68. The van der Waals surface area contributed by atoms with Crippen LogP contribution < -0.4 is 10.9 Å². The van der Waals surface area contributed by atoms with E-state index in [4.69, 9.17) is 0 Å². The third kappa shape index (κ3) is 3.93. The summed E-state index contributed by atoms with van der Waals surface area (Å²) in [6.45, 7) is 0.635. The number of benzene rings is 2. The molecule has 0 aliphatic heterocycles. The summed E-state index contributed by atoms with van der Waals surface area (Å²) in [6.07, 6.45) is 0. The number of hydrogen-bond donors (Lipinski definition) is 1. The van der Waals surface area contributed by atoms with E-state index in [0.29, 0.717) is 13.1 Å². The van der Waals surface area contributed by atoms with Gasteiger partial charge in [-0.25, -0.2) is 9.67 Å². The first-order valence-corrected chi connectivity index (χ1v) is 9.25. The van der Waals surface area contributed by atoms with Gasteiger partial charge in [0.15, 0.2) is 0 Å². The van der Waals surface area contributed by atoms with Gasteiger partial charge < -0.3 is 5.32 Å². The minimum Gasteiger partial charge on any atom is -0.344 e. The predicted molar refractivity (Wildman–Crippen MR) is 105 cm³/mol. The van der Waals surface area contributed by atoms with E-state index in [9.17, 15) is 9.59 Å². The fraction of sp³-hybridized carbons (Fsp3) is 0.100. The van der Waals surface area contributed by atoms with E-state index in [0.717, 1.165) is 20.8 Å². The maximum atomic E-state index is 12.4. The minimum absolute atomic E-state index is 0.201. The highest BCUT2D eigenvalue weighted by atomic mass is 32.1. The van der Waals surface area contributed by atoms with Crippen LogP contribution in [0.2, 0.25) is 0 Å². The molecule has 0 aliphatic rings. The average molecular weight is 376 g/mol. The van der Waals surface area contributed by atoms with Crippen molar-refractivity contribution in [3.8, 4) is 0 Å². The van der Waals surface area contributed by atoms with E-state index in [2.05, 4.69) is 15.4 Å². The van der Waals surface area contributed by atoms with Crippen LogP contribution in [0.4, 0.5) is 0 Å². The summed E-state index contributed by atoms with van der Waals surface area (Å²) in [5, 5.41) is 7.84. The molecule has 0 aliphatic carbocycles.